The molecule has 1 aromatic carbocycles. The van der Waals surface area contributed by atoms with Crippen LogP contribution in [0.15, 0.2) is 70.5 Å². The van der Waals surface area contributed by atoms with Crippen molar-refractivity contribution >= 4 is 14.6 Å². The highest BCUT2D eigenvalue weighted by Gasteiger charge is 2.25. The Kier molecular flexibility index (Phi) is 6.42. The molecule has 0 amide bonds. The second-order valence-electron chi connectivity index (χ2n) is 6.12. The van der Waals surface area contributed by atoms with Gasteiger partial charge in [-0.3, -0.25) is 0 Å². The second kappa shape index (κ2) is 7.61. The van der Waals surface area contributed by atoms with Gasteiger partial charge in [0, 0.05) is 0 Å². The van der Waals surface area contributed by atoms with Crippen LogP contribution in [-0.2, 0) is 0 Å². The number of hydrogen-bond donors (Lipinski definition) is 0. The smallest absolute Gasteiger partial charge is 0.00532 e. The molecule has 0 spiro atoms. The lowest BCUT2D eigenvalue weighted by molar-refractivity contribution is 0.951. The quantitative estimate of drug-likeness (QED) is 0.410. The van der Waals surface area contributed by atoms with E-state index in [4.69, 9.17) is 5.87 Å². The van der Waals surface area contributed by atoms with E-state index in [0.717, 1.165) is 12.8 Å². The number of hydrogen-bond acceptors (Lipinski definition) is 0. The van der Waals surface area contributed by atoms with Gasteiger partial charge in [-0.15, -0.1) is 0 Å². The first-order valence-electron chi connectivity index (χ1n) is 7.67. The van der Waals surface area contributed by atoms with E-state index in [1.165, 1.54) is 16.2 Å². The van der Waals surface area contributed by atoms with Crippen molar-refractivity contribution in [2.45, 2.75) is 38.0 Å². The van der Waals surface area contributed by atoms with E-state index in [2.05, 4.69) is 80.1 Å². The molecule has 0 aliphatic rings. The third-order valence-corrected chi connectivity index (χ3v) is 7.56. The Hall–Kier alpha value is -1.34. The standard InChI is InChI=1S/C20H30S/c1-6-8-10-12-16-19(15-9-7-2)21(3,4,5)20-17-13-11-14-18-20/h6,8,10-15,17-18H,3,7,9,16H2,1-2,4-5H3/b8-6-,12-10-,19-15-. The summed E-state index contributed by atoms with van der Waals surface area (Å²) in [5.41, 5.74) is 0. The first kappa shape index (κ1) is 17.7. The van der Waals surface area contributed by atoms with Crippen LogP contribution in [0, 0.1) is 0 Å². The van der Waals surface area contributed by atoms with Crippen molar-refractivity contribution in [1.82, 2.24) is 0 Å². The first-order chi connectivity index (χ1) is 9.91. The maximum Gasteiger partial charge on any atom is -0.00532 e. The maximum atomic E-state index is 4.71. The van der Waals surface area contributed by atoms with E-state index >= 15 is 0 Å². The van der Waals surface area contributed by atoms with E-state index in [1.54, 1.807) is 0 Å². The summed E-state index contributed by atoms with van der Waals surface area (Å²) in [5, 5.41) is 0. The summed E-state index contributed by atoms with van der Waals surface area (Å²) in [4.78, 5) is 2.86. The van der Waals surface area contributed by atoms with Gasteiger partial charge in [-0.1, -0.05) is 79.9 Å². The summed E-state index contributed by atoms with van der Waals surface area (Å²) in [6.45, 7) is 4.27. The highest BCUT2D eigenvalue weighted by atomic mass is 32.3. The zero-order valence-electron chi connectivity index (χ0n) is 14.0. The fourth-order valence-corrected chi connectivity index (χ4v) is 4.92. The highest BCUT2D eigenvalue weighted by molar-refractivity contribution is 8.48. The van der Waals surface area contributed by atoms with E-state index in [0.29, 0.717) is 0 Å². The van der Waals surface area contributed by atoms with Crippen LogP contribution in [0.5, 0.6) is 0 Å². The minimum absolute atomic E-state index is 0.984. The lowest BCUT2D eigenvalue weighted by Crippen LogP contribution is -2.08. The van der Waals surface area contributed by atoms with Gasteiger partial charge in [0.25, 0.3) is 0 Å². The van der Waals surface area contributed by atoms with Gasteiger partial charge in [0.1, 0.15) is 0 Å². The molecule has 0 saturated heterocycles. The molecule has 1 aromatic rings. The molecule has 0 radical (unpaired) electrons. The van der Waals surface area contributed by atoms with Crippen LogP contribution in [0.3, 0.4) is 0 Å². The summed E-state index contributed by atoms with van der Waals surface area (Å²) in [5.74, 6) is 4.71. The van der Waals surface area contributed by atoms with Crippen molar-refractivity contribution in [2.75, 3.05) is 12.5 Å². The summed E-state index contributed by atoms with van der Waals surface area (Å²) >= 11 is 0. The second-order valence-corrected chi connectivity index (χ2v) is 11.5. The molecular weight excluding hydrogens is 272 g/mol. The van der Waals surface area contributed by atoms with E-state index < -0.39 is 8.75 Å². The summed E-state index contributed by atoms with van der Waals surface area (Å²) in [6.07, 6.45) is 18.9. The lowest BCUT2D eigenvalue weighted by atomic mass is 10.2. The fraction of sp³-hybridized carbons (Fsp3) is 0.350. The third-order valence-electron chi connectivity index (χ3n) is 3.76. The van der Waals surface area contributed by atoms with Crippen LogP contribution < -0.4 is 0 Å². The van der Waals surface area contributed by atoms with Crippen LogP contribution in [0.4, 0.5) is 0 Å². The van der Waals surface area contributed by atoms with Crippen molar-refractivity contribution in [1.29, 1.82) is 0 Å². The highest BCUT2D eigenvalue weighted by Crippen LogP contribution is 2.65. The maximum absolute atomic E-state index is 4.71. The predicted molar refractivity (Wildman–Crippen MR) is 103 cm³/mol. The van der Waals surface area contributed by atoms with E-state index in [-0.39, 0.29) is 0 Å². The van der Waals surface area contributed by atoms with Crippen molar-refractivity contribution in [3.05, 3.63) is 65.6 Å². The lowest BCUT2D eigenvalue weighted by Gasteiger charge is -2.44. The molecule has 0 atom stereocenters. The molecule has 0 saturated carbocycles. The molecule has 0 fully saturated rings. The van der Waals surface area contributed by atoms with Gasteiger partial charge < -0.3 is 0 Å². The Bertz CT molecular complexity index is 580. The summed E-state index contributed by atoms with van der Waals surface area (Å²) in [6, 6.07) is 10.8. The first-order valence-corrected chi connectivity index (χ1v) is 10.7. The van der Waals surface area contributed by atoms with Crippen molar-refractivity contribution in [2.24, 2.45) is 0 Å². The zero-order chi connectivity index (χ0) is 15.8. The molecule has 0 N–H and O–H groups in total. The predicted octanol–water partition coefficient (Wildman–Crippen LogP) is 6.28. The Labute approximate surface area is 131 Å². The average Bonchev–Trinajstić information content (AvgIpc) is 2.47. The van der Waals surface area contributed by atoms with Gasteiger partial charge >= 0.3 is 0 Å². The third kappa shape index (κ3) is 4.86. The number of unbranched alkanes of at least 4 members (excludes halogenated alkanes) is 1. The molecule has 21 heavy (non-hydrogen) atoms. The van der Waals surface area contributed by atoms with Crippen LogP contribution in [0.1, 0.15) is 33.1 Å². The summed E-state index contributed by atoms with van der Waals surface area (Å²) < 4.78 is 0. The van der Waals surface area contributed by atoms with Crippen LogP contribution >= 0.6 is 8.75 Å². The Morgan fingerprint density at radius 1 is 1.14 bits per heavy atom. The minimum Gasteiger partial charge on any atom is -0.212 e. The topological polar surface area (TPSA) is 0 Å². The van der Waals surface area contributed by atoms with E-state index in [1.807, 2.05) is 6.92 Å². The van der Waals surface area contributed by atoms with Gasteiger partial charge in [-0.05, 0) is 42.1 Å². The molecule has 116 valence electrons. The normalized spacial score (nSPS) is 15.4. The van der Waals surface area contributed by atoms with Gasteiger partial charge in [0.15, 0.2) is 0 Å². The molecule has 1 rings (SSSR count). The van der Waals surface area contributed by atoms with Gasteiger partial charge in [-0.2, -0.15) is 0 Å². The largest absolute Gasteiger partial charge is 0.212 e. The Balaban J connectivity index is 3.20. The van der Waals surface area contributed by atoms with Crippen molar-refractivity contribution in [3.8, 4) is 0 Å². The molecule has 0 bridgehead atoms. The summed E-state index contributed by atoms with van der Waals surface area (Å²) in [7, 11) is -1.97. The monoisotopic (exact) mass is 302 g/mol. The van der Waals surface area contributed by atoms with Crippen LogP contribution in [0.2, 0.25) is 0 Å². The number of rotatable bonds is 7. The molecule has 0 unspecified atom stereocenters. The van der Waals surface area contributed by atoms with Crippen molar-refractivity contribution in [3.63, 3.8) is 0 Å². The molecular formula is C20H30S. The molecule has 1 heteroatoms. The SMILES string of the molecule is C=S(C)(C)(/C(=C\CCC)C/C=C\C=C/C)c1ccccc1. The Morgan fingerprint density at radius 2 is 1.81 bits per heavy atom. The van der Waals surface area contributed by atoms with Gasteiger partial charge in [0.05, 0.1) is 0 Å². The van der Waals surface area contributed by atoms with Crippen molar-refractivity contribution < 1.29 is 0 Å². The fourth-order valence-electron chi connectivity index (χ4n) is 2.31. The van der Waals surface area contributed by atoms with Crippen LogP contribution in [0.25, 0.3) is 0 Å². The number of benzene rings is 1. The molecule has 0 aliphatic carbocycles. The van der Waals surface area contributed by atoms with Gasteiger partial charge in [0.2, 0.25) is 0 Å². The molecule has 0 aromatic heterocycles. The van der Waals surface area contributed by atoms with Gasteiger partial charge in [-0.25, -0.2) is 8.75 Å². The Morgan fingerprint density at radius 3 is 2.38 bits per heavy atom. The van der Waals surface area contributed by atoms with E-state index in [9.17, 15) is 0 Å². The average molecular weight is 303 g/mol. The molecule has 0 nitrogen and oxygen atoms in total. The molecule has 0 heterocycles. The minimum atomic E-state index is -1.97. The van der Waals surface area contributed by atoms with Crippen LogP contribution in [-0.4, -0.2) is 18.4 Å². The number of allylic oxidation sites excluding steroid dienone is 6. The molecule has 0 aliphatic heterocycles. The zero-order valence-corrected chi connectivity index (χ0v) is 14.8.